The highest BCUT2D eigenvalue weighted by atomic mass is 16.5. The van der Waals surface area contributed by atoms with Crippen LogP contribution >= 0.6 is 0 Å². The Kier molecular flexibility index (Phi) is 7.45. The monoisotopic (exact) mass is 395 g/mol. The van der Waals surface area contributed by atoms with Gasteiger partial charge >= 0.3 is 5.97 Å². The second-order valence-electron chi connectivity index (χ2n) is 8.38. The molecule has 1 aliphatic rings. The lowest BCUT2D eigenvalue weighted by Gasteiger charge is -2.45. The van der Waals surface area contributed by atoms with E-state index in [1.54, 1.807) is 0 Å². The van der Waals surface area contributed by atoms with Gasteiger partial charge in [-0.15, -0.1) is 0 Å². The fourth-order valence-corrected chi connectivity index (χ4v) is 4.42. The molecule has 1 saturated carbocycles. The third-order valence-electron chi connectivity index (χ3n) is 5.80. The number of carbonyl (C=O) groups excluding carboxylic acids is 1. The molecule has 2 aromatic carbocycles. The molecule has 0 radical (unpaired) electrons. The number of ether oxygens (including phenoxy) is 2. The Hall–Kier alpha value is -2.17. The van der Waals surface area contributed by atoms with Crippen molar-refractivity contribution in [2.75, 3.05) is 20.6 Å². The van der Waals surface area contributed by atoms with Gasteiger partial charge in [-0.25, -0.2) is 0 Å². The van der Waals surface area contributed by atoms with Gasteiger partial charge in [0.2, 0.25) is 0 Å². The van der Waals surface area contributed by atoms with Crippen LogP contribution in [-0.4, -0.2) is 37.1 Å². The van der Waals surface area contributed by atoms with E-state index in [-0.39, 0.29) is 17.5 Å². The SMILES string of the molecule is CC(=O)Oc1ccc(C(CN(C)C)C2(OCc3ccccc3)CCCCC2)cc1. The summed E-state index contributed by atoms with van der Waals surface area (Å²) in [4.78, 5) is 13.5. The van der Waals surface area contributed by atoms with Crippen molar-refractivity contribution < 1.29 is 14.3 Å². The molecule has 0 N–H and O–H groups in total. The summed E-state index contributed by atoms with van der Waals surface area (Å²) in [5.74, 6) is 0.554. The van der Waals surface area contributed by atoms with Gasteiger partial charge in [-0.05, 0) is 50.2 Å². The summed E-state index contributed by atoms with van der Waals surface area (Å²) in [6, 6.07) is 18.4. The highest BCUT2D eigenvalue weighted by molar-refractivity contribution is 5.69. The van der Waals surface area contributed by atoms with E-state index in [1.165, 1.54) is 37.3 Å². The normalized spacial score (nSPS) is 17.1. The number of benzene rings is 2. The van der Waals surface area contributed by atoms with Crippen LogP contribution in [-0.2, 0) is 16.1 Å². The van der Waals surface area contributed by atoms with E-state index in [2.05, 4.69) is 55.4 Å². The van der Waals surface area contributed by atoms with Crippen molar-refractivity contribution in [1.82, 2.24) is 4.90 Å². The lowest BCUT2D eigenvalue weighted by Crippen LogP contribution is -2.45. The molecule has 3 rings (SSSR count). The third-order valence-corrected chi connectivity index (χ3v) is 5.80. The van der Waals surface area contributed by atoms with Crippen molar-refractivity contribution in [3.63, 3.8) is 0 Å². The number of esters is 1. The second kappa shape index (κ2) is 10.0. The number of hydrogen-bond acceptors (Lipinski definition) is 4. The molecular formula is C25H33NO3. The van der Waals surface area contributed by atoms with Crippen molar-refractivity contribution in [2.24, 2.45) is 0 Å². The molecule has 0 spiro atoms. The predicted octanol–water partition coefficient (Wildman–Crippen LogP) is 5.18. The summed E-state index contributed by atoms with van der Waals surface area (Å²) in [5, 5.41) is 0. The molecule has 156 valence electrons. The standard InChI is InChI=1S/C25H33NO3/c1-20(27)29-23-14-12-22(13-15-23)24(18-26(2)3)25(16-8-5-9-17-25)28-19-21-10-6-4-7-11-21/h4,6-7,10-15,24H,5,8-9,16-19H2,1-3H3. The second-order valence-corrected chi connectivity index (χ2v) is 8.38. The Balaban J connectivity index is 1.88. The molecule has 1 aliphatic carbocycles. The van der Waals surface area contributed by atoms with Crippen molar-refractivity contribution in [2.45, 2.75) is 57.2 Å². The molecule has 0 aromatic heterocycles. The van der Waals surface area contributed by atoms with Crippen LogP contribution in [0.3, 0.4) is 0 Å². The average molecular weight is 396 g/mol. The van der Waals surface area contributed by atoms with Gasteiger partial charge in [-0.1, -0.05) is 61.7 Å². The topological polar surface area (TPSA) is 38.8 Å². The maximum Gasteiger partial charge on any atom is 0.308 e. The molecule has 2 aromatic rings. The minimum atomic E-state index is -0.294. The van der Waals surface area contributed by atoms with Gasteiger partial charge in [0.1, 0.15) is 5.75 Å². The average Bonchev–Trinajstić information content (AvgIpc) is 2.72. The van der Waals surface area contributed by atoms with Gasteiger partial charge in [0.05, 0.1) is 12.2 Å². The van der Waals surface area contributed by atoms with Crippen LogP contribution in [0, 0.1) is 0 Å². The quantitative estimate of drug-likeness (QED) is 0.456. The third kappa shape index (κ3) is 5.91. The van der Waals surface area contributed by atoms with E-state index in [1.807, 2.05) is 18.2 Å². The van der Waals surface area contributed by atoms with E-state index in [9.17, 15) is 4.79 Å². The minimum Gasteiger partial charge on any atom is -0.427 e. The van der Waals surface area contributed by atoms with Crippen molar-refractivity contribution >= 4 is 5.97 Å². The van der Waals surface area contributed by atoms with E-state index in [0.29, 0.717) is 12.4 Å². The number of nitrogens with zero attached hydrogens (tertiary/aromatic N) is 1. The Labute approximate surface area is 174 Å². The minimum absolute atomic E-state index is 0.179. The molecule has 0 aliphatic heterocycles. The van der Waals surface area contributed by atoms with Crippen molar-refractivity contribution in [3.8, 4) is 5.75 Å². The van der Waals surface area contributed by atoms with Gasteiger partial charge in [-0.3, -0.25) is 4.79 Å². The van der Waals surface area contributed by atoms with E-state index >= 15 is 0 Å². The molecule has 1 atom stereocenters. The van der Waals surface area contributed by atoms with E-state index in [0.717, 1.165) is 19.4 Å². The number of hydrogen-bond donors (Lipinski definition) is 0. The lowest BCUT2D eigenvalue weighted by molar-refractivity contribution is -0.131. The van der Waals surface area contributed by atoms with Crippen molar-refractivity contribution in [1.29, 1.82) is 0 Å². The maximum atomic E-state index is 11.2. The van der Waals surface area contributed by atoms with Crippen LogP contribution < -0.4 is 4.74 Å². The van der Waals surface area contributed by atoms with Gasteiger partial charge in [0.15, 0.2) is 0 Å². The summed E-state index contributed by atoms with van der Waals surface area (Å²) in [5.41, 5.74) is 2.28. The fraction of sp³-hybridized carbons (Fsp3) is 0.480. The first-order valence-electron chi connectivity index (χ1n) is 10.6. The molecule has 0 bridgehead atoms. The number of likely N-dealkylation sites (N-methyl/N-ethyl adjacent to an activating group) is 1. The van der Waals surface area contributed by atoms with Gasteiger partial charge < -0.3 is 14.4 Å². The Morgan fingerprint density at radius 2 is 1.66 bits per heavy atom. The van der Waals surface area contributed by atoms with Crippen molar-refractivity contribution in [3.05, 3.63) is 65.7 Å². The zero-order valence-electron chi connectivity index (χ0n) is 17.9. The fourth-order valence-electron chi connectivity index (χ4n) is 4.42. The molecular weight excluding hydrogens is 362 g/mol. The first-order valence-corrected chi connectivity index (χ1v) is 10.6. The van der Waals surface area contributed by atoms with Gasteiger partial charge in [-0.2, -0.15) is 0 Å². The van der Waals surface area contributed by atoms with Crippen LogP contribution in [0.1, 0.15) is 56.1 Å². The smallest absolute Gasteiger partial charge is 0.308 e. The molecule has 4 nitrogen and oxygen atoms in total. The summed E-state index contributed by atoms with van der Waals surface area (Å²) in [6.45, 7) is 2.98. The highest BCUT2D eigenvalue weighted by Crippen LogP contribution is 2.44. The largest absolute Gasteiger partial charge is 0.427 e. The predicted molar refractivity (Wildman–Crippen MR) is 116 cm³/mol. The summed E-state index contributed by atoms with van der Waals surface area (Å²) < 4.78 is 12.0. The number of carbonyl (C=O) groups is 1. The first-order chi connectivity index (χ1) is 14.0. The van der Waals surface area contributed by atoms with Crippen LogP contribution in [0.4, 0.5) is 0 Å². The summed E-state index contributed by atoms with van der Waals surface area (Å²) >= 11 is 0. The Morgan fingerprint density at radius 3 is 2.24 bits per heavy atom. The molecule has 1 unspecified atom stereocenters. The number of rotatable bonds is 8. The lowest BCUT2D eigenvalue weighted by atomic mass is 9.72. The molecule has 0 saturated heterocycles. The first kappa shape index (κ1) is 21.5. The molecule has 4 heteroatoms. The van der Waals surface area contributed by atoms with E-state index < -0.39 is 0 Å². The molecule has 0 heterocycles. The van der Waals surface area contributed by atoms with Crippen LogP contribution in [0.15, 0.2) is 54.6 Å². The highest BCUT2D eigenvalue weighted by Gasteiger charge is 2.42. The van der Waals surface area contributed by atoms with Gasteiger partial charge in [0, 0.05) is 19.4 Å². The zero-order valence-corrected chi connectivity index (χ0v) is 17.9. The Morgan fingerprint density at radius 1 is 1.00 bits per heavy atom. The Bertz CT molecular complexity index is 764. The van der Waals surface area contributed by atoms with Crippen LogP contribution in [0.25, 0.3) is 0 Å². The van der Waals surface area contributed by atoms with Gasteiger partial charge in [0.25, 0.3) is 0 Å². The van der Waals surface area contributed by atoms with Crippen LogP contribution in [0.5, 0.6) is 5.75 Å². The molecule has 29 heavy (non-hydrogen) atoms. The van der Waals surface area contributed by atoms with Crippen LogP contribution in [0.2, 0.25) is 0 Å². The molecule has 0 amide bonds. The maximum absolute atomic E-state index is 11.2. The summed E-state index contributed by atoms with van der Waals surface area (Å²) in [6.07, 6.45) is 5.82. The summed E-state index contributed by atoms with van der Waals surface area (Å²) in [7, 11) is 4.24. The zero-order chi connectivity index (χ0) is 20.7. The van der Waals surface area contributed by atoms with E-state index in [4.69, 9.17) is 9.47 Å². The molecule has 1 fully saturated rings.